The molecule has 0 aliphatic heterocycles. The molecule has 0 saturated carbocycles. The van der Waals surface area contributed by atoms with Gasteiger partial charge in [0.2, 0.25) is 5.78 Å². The number of esters is 1. The summed E-state index contributed by atoms with van der Waals surface area (Å²) in [5.41, 5.74) is 4.10. The molecule has 8 heteroatoms. The Morgan fingerprint density at radius 2 is 1.91 bits per heavy atom. The second-order valence-electron chi connectivity index (χ2n) is 9.37. The molecule has 0 atom stereocenters. The van der Waals surface area contributed by atoms with E-state index in [0.29, 0.717) is 23.4 Å². The summed E-state index contributed by atoms with van der Waals surface area (Å²) in [6.45, 7) is 6.71. The first kappa shape index (κ1) is 22.3. The Balaban J connectivity index is 1.84. The van der Waals surface area contributed by atoms with Gasteiger partial charge in [0.15, 0.2) is 0 Å². The first-order valence-corrected chi connectivity index (χ1v) is 11.2. The van der Waals surface area contributed by atoms with E-state index < -0.39 is 5.97 Å². The number of carbonyl (C=O) groups excluding carboxylic acids is 1. The predicted molar refractivity (Wildman–Crippen MR) is 133 cm³/mol. The largest absolute Gasteiger partial charge is 0.467 e. The molecule has 0 spiro atoms. The summed E-state index contributed by atoms with van der Waals surface area (Å²) in [7, 11) is 1.37. The zero-order valence-corrected chi connectivity index (χ0v) is 20.0. The molecule has 0 amide bonds. The van der Waals surface area contributed by atoms with Gasteiger partial charge in [0.05, 0.1) is 48.1 Å². The number of hydrogen-bond acceptors (Lipinski definition) is 6. The lowest BCUT2D eigenvalue weighted by atomic mass is 10.1. The minimum atomic E-state index is -0.406. The number of nitriles is 1. The third-order valence-corrected chi connectivity index (χ3v) is 5.70. The number of rotatable bonds is 5. The summed E-state index contributed by atoms with van der Waals surface area (Å²) < 4.78 is 14.7. The maximum atomic E-state index is 12.3. The third kappa shape index (κ3) is 4.02. The average molecular weight is 468 g/mol. The number of aromatic nitrogens is 3. The number of fused-ring (bicyclic) bond motifs is 3. The van der Waals surface area contributed by atoms with Crippen LogP contribution >= 0.6 is 0 Å². The molecule has 8 nitrogen and oxygen atoms in total. The van der Waals surface area contributed by atoms with Crippen molar-refractivity contribution in [1.29, 1.82) is 5.26 Å². The first-order valence-electron chi connectivity index (χ1n) is 11.2. The summed E-state index contributed by atoms with van der Waals surface area (Å²) >= 11 is 0. The van der Waals surface area contributed by atoms with Crippen LogP contribution in [-0.4, -0.2) is 32.6 Å². The molecule has 1 N–H and O–H groups in total. The first-order chi connectivity index (χ1) is 16.8. The van der Waals surface area contributed by atoms with Crippen molar-refractivity contribution in [1.82, 2.24) is 14.0 Å². The van der Waals surface area contributed by atoms with Gasteiger partial charge in [0.1, 0.15) is 17.3 Å². The molecule has 0 saturated heterocycles. The van der Waals surface area contributed by atoms with Crippen molar-refractivity contribution in [2.24, 2.45) is 0 Å². The molecule has 0 bridgehead atoms. The number of methoxy groups -OCH3 is 1. The molecule has 3 aromatic heterocycles. The Hall–Kier alpha value is -4.51. The van der Waals surface area contributed by atoms with Crippen molar-refractivity contribution in [3.8, 4) is 17.3 Å². The maximum absolute atomic E-state index is 12.3. The van der Waals surface area contributed by atoms with Gasteiger partial charge in [-0.1, -0.05) is 12.1 Å². The summed E-state index contributed by atoms with van der Waals surface area (Å²) in [5, 5.41) is 12.8. The molecule has 5 rings (SSSR count). The number of nitrogens with zero attached hydrogens (tertiary/aromatic N) is 4. The summed E-state index contributed by atoms with van der Waals surface area (Å²) in [6.07, 6.45) is 1.65. The number of anilines is 1. The lowest BCUT2D eigenvalue weighted by Crippen LogP contribution is -2.27. The minimum absolute atomic E-state index is 0.271. The van der Waals surface area contributed by atoms with Crippen molar-refractivity contribution in [3.63, 3.8) is 0 Å². The molecule has 3 heterocycles. The zero-order valence-electron chi connectivity index (χ0n) is 20.0. The second kappa shape index (κ2) is 8.37. The van der Waals surface area contributed by atoms with E-state index in [0.717, 1.165) is 33.9 Å². The van der Waals surface area contributed by atoms with Crippen LogP contribution in [0.1, 0.15) is 42.5 Å². The monoisotopic (exact) mass is 467 g/mol. The number of carbonyl (C=O) groups is 1. The predicted octanol–water partition coefficient (Wildman–Crippen LogP) is 5.47. The van der Waals surface area contributed by atoms with E-state index >= 15 is 0 Å². The molecule has 0 unspecified atom stereocenters. The summed E-state index contributed by atoms with van der Waals surface area (Å²) in [6, 6.07) is 18.8. The van der Waals surface area contributed by atoms with Crippen LogP contribution in [0.15, 0.2) is 65.3 Å². The van der Waals surface area contributed by atoms with E-state index in [1.807, 2.05) is 40.8 Å². The Morgan fingerprint density at radius 3 is 2.54 bits per heavy atom. The molecule has 2 aromatic carbocycles. The molecule has 35 heavy (non-hydrogen) atoms. The van der Waals surface area contributed by atoms with Crippen molar-refractivity contribution in [2.45, 2.75) is 32.9 Å². The Bertz CT molecular complexity index is 1580. The van der Waals surface area contributed by atoms with Gasteiger partial charge in [-0.05, 0) is 63.2 Å². The van der Waals surface area contributed by atoms with Crippen LogP contribution in [0.4, 0.5) is 5.82 Å². The van der Waals surface area contributed by atoms with E-state index in [-0.39, 0.29) is 5.54 Å². The molecule has 0 fully saturated rings. The van der Waals surface area contributed by atoms with Crippen LogP contribution in [-0.2, 0) is 11.3 Å². The minimum Gasteiger partial charge on any atom is -0.467 e. The van der Waals surface area contributed by atoms with Gasteiger partial charge in [-0.15, -0.1) is 0 Å². The van der Waals surface area contributed by atoms with E-state index in [1.54, 1.807) is 24.5 Å². The van der Waals surface area contributed by atoms with Gasteiger partial charge in [0, 0.05) is 11.1 Å². The van der Waals surface area contributed by atoms with Crippen LogP contribution in [0.25, 0.3) is 28.1 Å². The molecule has 0 aliphatic rings. The molecular weight excluding hydrogens is 442 g/mol. The lowest BCUT2D eigenvalue weighted by molar-refractivity contribution is 0.0601. The van der Waals surface area contributed by atoms with Gasteiger partial charge in [0.25, 0.3) is 0 Å². The van der Waals surface area contributed by atoms with Crippen LogP contribution < -0.4 is 5.32 Å². The van der Waals surface area contributed by atoms with Gasteiger partial charge in [-0.2, -0.15) is 5.26 Å². The average Bonchev–Trinajstić information content (AvgIpc) is 3.55. The quantitative estimate of drug-likeness (QED) is 0.345. The molecule has 0 aliphatic carbocycles. The fraction of sp³-hybridized carbons (Fsp3) is 0.222. The number of imidazole rings is 2. The van der Waals surface area contributed by atoms with E-state index in [9.17, 15) is 10.1 Å². The van der Waals surface area contributed by atoms with Crippen molar-refractivity contribution in [2.75, 3.05) is 12.4 Å². The number of ether oxygens (including phenoxy) is 1. The van der Waals surface area contributed by atoms with Crippen LogP contribution in [0.5, 0.6) is 0 Å². The van der Waals surface area contributed by atoms with E-state index in [1.165, 1.54) is 7.11 Å². The lowest BCUT2D eigenvalue weighted by Gasteiger charge is -2.22. The number of furan rings is 1. The summed E-state index contributed by atoms with van der Waals surface area (Å²) in [4.78, 5) is 17.4. The standard InChI is InChI=1S/C27H25N5O3/c1-27(2,3)30-24-23(18-9-7-17(15-28)8-10-18)29-26-31(16-20-6-5-13-35-20)21-12-11-19(25(33)34-4)14-22(21)32(24)26/h5-14,30H,16H2,1-4H3. The van der Waals surface area contributed by atoms with Crippen LogP contribution in [0, 0.1) is 11.3 Å². The van der Waals surface area contributed by atoms with Gasteiger partial charge >= 0.3 is 5.97 Å². The topological polar surface area (TPSA) is 97.5 Å². The van der Waals surface area contributed by atoms with Crippen LogP contribution in [0.2, 0.25) is 0 Å². The highest BCUT2D eigenvalue weighted by Gasteiger charge is 2.25. The third-order valence-electron chi connectivity index (χ3n) is 5.70. The molecule has 5 aromatic rings. The van der Waals surface area contributed by atoms with Crippen molar-refractivity contribution >= 4 is 28.6 Å². The highest BCUT2D eigenvalue weighted by molar-refractivity contribution is 5.96. The normalized spacial score (nSPS) is 11.6. The Kier molecular flexibility index (Phi) is 5.33. The van der Waals surface area contributed by atoms with Gasteiger partial charge in [-0.25, -0.2) is 9.78 Å². The number of hydrogen-bond donors (Lipinski definition) is 1. The van der Waals surface area contributed by atoms with Gasteiger partial charge < -0.3 is 19.0 Å². The highest BCUT2D eigenvalue weighted by Crippen LogP contribution is 2.36. The smallest absolute Gasteiger partial charge is 0.337 e. The second-order valence-corrected chi connectivity index (χ2v) is 9.37. The van der Waals surface area contributed by atoms with Crippen LogP contribution in [0.3, 0.4) is 0 Å². The number of benzene rings is 2. The van der Waals surface area contributed by atoms with Crippen molar-refractivity contribution < 1.29 is 13.9 Å². The zero-order chi connectivity index (χ0) is 24.7. The maximum Gasteiger partial charge on any atom is 0.337 e. The Morgan fingerprint density at radius 1 is 1.14 bits per heavy atom. The molecule has 176 valence electrons. The fourth-order valence-electron chi connectivity index (χ4n) is 4.19. The molecule has 0 radical (unpaired) electrons. The molecular formula is C27H25N5O3. The SMILES string of the molecule is COC(=O)c1ccc2c(c1)n1c(NC(C)(C)C)c(-c3ccc(C#N)cc3)nc1n2Cc1ccco1. The van der Waals surface area contributed by atoms with E-state index in [4.69, 9.17) is 14.1 Å². The van der Waals surface area contributed by atoms with Gasteiger partial charge in [-0.3, -0.25) is 4.40 Å². The summed E-state index contributed by atoms with van der Waals surface area (Å²) in [5.74, 6) is 1.87. The van der Waals surface area contributed by atoms with E-state index in [2.05, 4.69) is 36.7 Å². The number of nitrogens with one attached hydrogen (secondary N) is 1. The highest BCUT2D eigenvalue weighted by atomic mass is 16.5. The fourth-order valence-corrected chi connectivity index (χ4v) is 4.19. The Labute approximate surface area is 202 Å². The van der Waals surface area contributed by atoms with Crippen molar-refractivity contribution in [3.05, 3.63) is 77.7 Å².